The molecular formula is C9H15N3O2S. The Morgan fingerprint density at radius 1 is 1.67 bits per heavy atom. The third kappa shape index (κ3) is 2.70. The van der Waals surface area contributed by atoms with E-state index >= 15 is 0 Å². The van der Waals surface area contributed by atoms with E-state index in [0.717, 1.165) is 17.3 Å². The zero-order chi connectivity index (χ0) is 10.7. The molecule has 2 rings (SSSR count). The number of β-amino-alcohol motifs (C(OH)–C–C–N with tert-alkyl or cyclic N) is 1. The van der Waals surface area contributed by atoms with Gasteiger partial charge in [0, 0.05) is 6.54 Å². The minimum Gasteiger partial charge on any atom is -0.392 e. The second kappa shape index (κ2) is 4.96. The molecule has 1 saturated heterocycles. The van der Waals surface area contributed by atoms with Crippen molar-refractivity contribution in [2.45, 2.75) is 31.2 Å². The van der Waals surface area contributed by atoms with E-state index in [1.165, 1.54) is 0 Å². The second-order valence-corrected chi connectivity index (χ2v) is 4.81. The van der Waals surface area contributed by atoms with Crippen LogP contribution in [-0.2, 0) is 5.75 Å². The molecule has 0 aromatic carbocycles. The minimum atomic E-state index is -0.296. The number of rotatable bonds is 4. The topological polar surface area (TPSA) is 71.2 Å². The highest BCUT2D eigenvalue weighted by molar-refractivity contribution is 7.98. The molecule has 0 amide bonds. The Morgan fingerprint density at radius 2 is 2.53 bits per heavy atom. The van der Waals surface area contributed by atoms with E-state index in [9.17, 15) is 5.11 Å². The van der Waals surface area contributed by atoms with Gasteiger partial charge in [-0.25, -0.2) is 0 Å². The van der Waals surface area contributed by atoms with Crippen LogP contribution in [0.5, 0.6) is 0 Å². The van der Waals surface area contributed by atoms with Crippen molar-refractivity contribution in [3.63, 3.8) is 0 Å². The van der Waals surface area contributed by atoms with E-state index < -0.39 is 0 Å². The molecule has 2 atom stereocenters. The lowest BCUT2D eigenvalue weighted by Gasteiger charge is -2.01. The maximum Gasteiger partial charge on any atom is 0.243 e. The fourth-order valence-corrected chi connectivity index (χ4v) is 2.07. The van der Waals surface area contributed by atoms with Gasteiger partial charge in [0.1, 0.15) is 0 Å². The molecule has 15 heavy (non-hydrogen) atoms. The summed E-state index contributed by atoms with van der Waals surface area (Å²) in [4.78, 5) is 4.29. The average Bonchev–Trinajstić information content (AvgIpc) is 2.83. The largest absolute Gasteiger partial charge is 0.392 e. The van der Waals surface area contributed by atoms with Crippen molar-refractivity contribution in [2.24, 2.45) is 0 Å². The highest BCUT2D eigenvalue weighted by Gasteiger charge is 2.27. The van der Waals surface area contributed by atoms with E-state index in [-0.39, 0.29) is 12.1 Å². The van der Waals surface area contributed by atoms with Crippen LogP contribution in [0.3, 0.4) is 0 Å². The van der Waals surface area contributed by atoms with Crippen molar-refractivity contribution in [2.75, 3.05) is 12.3 Å². The highest BCUT2D eigenvalue weighted by Crippen LogP contribution is 2.22. The van der Waals surface area contributed by atoms with Crippen molar-refractivity contribution in [3.05, 3.63) is 11.7 Å². The Morgan fingerprint density at radius 3 is 3.20 bits per heavy atom. The monoisotopic (exact) mass is 229 g/mol. The molecule has 0 radical (unpaired) electrons. The molecule has 1 aromatic rings. The van der Waals surface area contributed by atoms with Gasteiger partial charge in [-0.1, -0.05) is 12.1 Å². The van der Waals surface area contributed by atoms with Crippen molar-refractivity contribution in [1.82, 2.24) is 15.5 Å². The lowest BCUT2D eigenvalue weighted by molar-refractivity contribution is 0.191. The number of nitrogens with one attached hydrogen (secondary N) is 1. The summed E-state index contributed by atoms with van der Waals surface area (Å²) in [5.41, 5.74) is 0. The van der Waals surface area contributed by atoms with Gasteiger partial charge in [0.15, 0.2) is 5.82 Å². The summed E-state index contributed by atoms with van der Waals surface area (Å²) in [5, 5.41) is 16.4. The molecule has 1 aliphatic heterocycles. The molecule has 0 spiro atoms. The molecule has 6 heteroatoms. The molecule has 1 aliphatic rings. The van der Waals surface area contributed by atoms with E-state index in [4.69, 9.17) is 4.52 Å². The van der Waals surface area contributed by atoms with Crippen LogP contribution in [0.15, 0.2) is 4.52 Å². The molecule has 0 unspecified atom stereocenters. The van der Waals surface area contributed by atoms with E-state index in [1.807, 2.05) is 0 Å². The fourth-order valence-electron chi connectivity index (χ4n) is 1.57. The van der Waals surface area contributed by atoms with Gasteiger partial charge in [0.05, 0.1) is 17.9 Å². The van der Waals surface area contributed by atoms with Gasteiger partial charge < -0.3 is 14.9 Å². The summed E-state index contributed by atoms with van der Waals surface area (Å²) >= 11 is 1.76. The number of hydrogen-bond acceptors (Lipinski definition) is 6. The molecule has 0 aliphatic carbocycles. The molecule has 84 valence electrons. The highest BCUT2D eigenvalue weighted by atomic mass is 32.2. The predicted octanol–water partition coefficient (Wildman–Crippen LogP) is 0.718. The number of nitrogens with zero attached hydrogens (tertiary/aromatic N) is 2. The van der Waals surface area contributed by atoms with Crippen molar-refractivity contribution >= 4 is 11.8 Å². The minimum absolute atomic E-state index is 0.0212. The first kappa shape index (κ1) is 10.9. The third-order valence-electron chi connectivity index (χ3n) is 2.32. The van der Waals surface area contributed by atoms with E-state index in [2.05, 4.69) is 22.4 Å². The number of aliphatic hydroxyl groups excluding tert-OH is 1. The van der Waals surface area contributed by atoms with Crippen LogP contribution in [-0.4, -0.2) is 33.6 Å². The van der Waals surface area contributed by atoms with Gasteiger partial charge in [0.25, 0.3) is 0 Å². The van der Waals surface area contributed by atoms with Gasteiger partial charge in [0.2, 0.25) is 5.89 Å². The summed E-state index contributed by atoms with van der Waals surface area (Å²) in [6, 6.07) is 0.0212. The third-order valence-corrected chi connectivity index (χ3v) is 3.20. The van der Waals surface area contributed by atoms with Crippen LogP contribution < -0.4 is 5.32 Å². The zero-order valence-electron chi connectivity index (χ0n) is 8.64. The van der Waals surface area contributed by atoms with Crippen molar-refractivity contribution in [3.8, 4) is 0 Å². The summed E-state index contributed by atoms with van der Waals surface area (Å²) in [7, 11) is 0. The summed E-state index contributed by atoms with van der Waals surface area (Å²) in [5.74, 6) is 3.16. The number of aromatic nitrogens is 2. The Kier molecular flexibility index (Phi) is 3.61. The lowest BCUT2D eigenvalue weighted by Crippen LogP contribution is -2.15. The number of aliphatic hydroxyl groups is 1. The standard InChI is InChI=1S/C9H15N3O2S/c1-2-15-5-8-11-9(14-12-8)7-3-6(13)4-10-7/h6-7,10,13H,2-5H2,1H3/t6-,7+/m1/s1. The Hall–Kier alpha value is -0.590. The van der Waals surface area contributed by atoms with Gasteiger partial charge in [-0.3, -0.25) is 0 Å². The van der Waals surface area contributed by atoms with Gasteiger partial charge >= 0.3 is 0 Å². The molecule has 2 N–H and O–H groups in total. The quantitative estimate of drug-likeness (QED) is 0.792. The lowest BCUT2D eigenvalue weighted by atomic mass is 10.2. The summed E-state index contributed by atoms with van der Waals surface area (Å²) < 4.78 is 5.15. The molecule has 0 saturated carbocycles. The predicted molar refractivity (Wildman–Crippen MR) is 57.5 cm³/mol. The average molecular weight is 229 g/mol. The van der Waals surface area contributed by atoms with Gasteiger partial charge in [-0.15, -0.1) is 0 Å². The van der Waals surface area contributed by atoms with Gasteiger partial charge in [-0.05, 0) is 12.2 Å². The van der Waals surface area contributed by atoms with Gasteiger partial charge in [-0.2, -0.15) is 16.7 Å². The summed E-state index contributed by atoms with van der Waals surface area (Å²) in [6.07, 6.45) is 0.359. The Bertz CT molecular complexity index is 318. The van der Waals surface area contributed by atoms with Crippen molar-refractivity contribution in [1.29, 1.82) is 0 Å². The second-order valence-electron chi connectivity index (χ2n) is 3.54. The van der Waals surface area contributed by atoms with E-state index in [1.54, 1.807) is 11.8 Å². The van der Waals surface area contributed by atoms with Crippen LogP contribution in [0.25, 0.3) is 0 Å². The van der Waals surface area contributed by atoms with Crippen LogP contribution in [0.1, 0.15) is 31.1 Å². The normalized spacial score (nSPS) is 26.0. The Balaban J connectivity index is 1.94. The molecule has 5 nitrogen and oxygen atoms in total. The SMILES string of the molecule is CCSCc1noc([C@@H]2C[C@@H](O)CN2)n1. The van der Waals surface area contributed by atoms with E-state index in [0.29, 0.717) is 18.9 Å². The molecule has 2 heterocycles. The molecule has 1 aromatic heterocycles. The summed E-state index contributed by atoms with van der Waals surface area (Å²) in [6.45, 7) is 2.70. The molecule has 1 fully saturated rings. The molecule has 0 bridgehead atoms. The van der Waals surface area contributed by atoms with Crippen LogP contribution in [0, 0.1) is 0 Å². The fraction of sp³-hybridized carbons (Fsp3) is 0.778. The first-order valence-electron chi connectivity index (χ1n) is 5.11. The number of thioether (sulfide) groups is 1. The Labute approximate surface area is 92.6 Å². The van der Waals surface area contributed by atoms with Crippen molar-refractivity contribution < 1.29 is 9.63 Å². The molecular weight excluding hydrogens is 214 g/mol. The zero-order valence-corrected chi connectivity index (χ0v) is 9.46. The first-order valence-corrected chi connectivity index (χ1v) is 6.26. The maximum absolute atomic E-state index is 9.35. The number of hydrogen-bond donors (Lipinski definition) is 2. The first-order chi connectivity index (χ1) is 7.29. The van der Waals surface area contributed by atoms with Crippen LogP contribution >= 0.6 is 11.8 Å². The van der Waals surface area contributed by atoms with Crippen LogP contribution in [0.4, 0.5) is 0 Å². The van der Waals surface area contributed by atoms with Crippen LogP contribution in [0.2, 0.25) is 0 Å². The maximum atomic E-state index is 9.35. The smallest absolute Gasteiger partial charge is 0.243 e.